The van der Waals surface area contributed by atoms with Crippen LogP contribution in [0.25, 0.3) is 10.8 Å². The second-order valence-electron chi connectivity index (χ2n) is 9.59. The first-order valence-corrected chi connectivity index (χ1v) is 13.5. The quantitative estimate of drug-likeness (QED) is 0.291. The van der Waals surface area contributed by atoms with E-state index >= 15 is 0 Å². The third kappa shape index (κ3) is 8.58. The molecule has 0 spiro atoms. The molecule has 8 nitrogen and oxygen atoms in total. The third-order valence-corrected chi connectivity index (χ3v) is 6.87. The van der Waals surface area contributed by atoms with Crippen molar-refractivity contribution in [3.8, 4) is 5.75 Å². The van der Waals surface area contributed by atoms with Gasteiger partial charge >= 0.3 is 11.9 Å². The Bertz CT molecular complexity index is 1330. The molecule has 0 aromatic heterocycles. The fraction of sp³-hybridized carbons (Fsp3) is 0.357. The van der Waals surface area contributed by atoms with Gasteiger partial charge in [-0.2, -0.15) is 4.72 Å². The number of ether oxygens (including phenoxy) is 3. The number of hydrogen-bond donors (Lipinski definition) is 1. The Hall–Kier alpha value is -3.43. The van der Waals surface area contributed by atoms with Gasteiger partial charge < -0.3 is 14.2 Å². The molecule has 0 aliphatic rings. The lowest BCUT2D eigenvalue weighted by Gasteiger charge is -2.24. The van der Waals surface area contributed by atoms with Crippen molar-refractivity contribution in [2.75, 3.05) is 13.7 Å². The molecule has 0 radical (unpaired) electrons. The molecule has 198 valence electrons. The summed E-state index contributed by atoms with van der Waals surface area (Å²) in [4.78, 5) is 24.3. The van der Waals surface area contributed by atoms with Crippen molar-refractivity contribution in [2.45, 2.75) is 56.6 Å². The molecule has 0 aliphatic heterocycles. The van der Waals surface area contributed by atoms with Crippen LogP contribution in [0.15, 0.2) is 71.6 Å². The lowest BCUT2D eigenvalue weighted by molar-refractivity contribution is -0.156. The Morgan fingerprint density at radius 3 is 2.27 bits per heavy atom. The van der Waals surface area contributed by atoms with E-state index in [1.807, 2.05) is 24.3 Å². The van der Waals surface area contributed by atoms with Crippen molar-refractivity contribution in [3.05, 3.63) is 72.3 Å². The molecule has 0 amide bonds. The van der Waals surface area contributed by atoms with Crippen LogP contribution in [0.3, 0.4) is 0 Å². The van der Waals surface area contributed by atoms with Gasteiger partial charge in [0.15, 0.2) is 0 Å². The van der Waals surface area contributed by atoms with Gasteiger partial charge in [-0.15, -0.1) is 0 Å². The Labute approximate surface area is 218 Å². The molecule has 3 aromatic carbocycles. The van der Waals surface area contributed by atoms with E-state index in [2.05, 4.69) is 9.46 Å². The molecule has 37 heavy (non-hydrogen) atoms. The average molecular weight is 528 g/mol. The Morgan fingerprint density at radius 1 is 0.946 bits per heavy atom. The summed E-state index contributed by atoms with van der Waals surface area (Å²) in [6.45, 7) is 5.53. The number of benzene rings is 3. The second-order valence-corrected chi connectivity index (χ2v) is 11.3. The maximum absolute atomic E-state index is 13.2. The van der Waals surface area contributed by atoms with E-state index in [9.17, 15) is 18.0 Å². The number of fused-ring (bicyclic) bond motifs is 1. The Kier molecular flexibility index (Phi) is 9.29. The first kappa shape index (κ1) is 28.1. The molecule has 9 heteroatoms. The molecule has 0 aliphatic carbocycles. The fourth-order valence-electron chi connectivity index (χ4n) is 3.60. The van der Waals surface area contributed by atoms with Gasteiger partial charge in [-0.3, -0.25) is 9.59 Å². The summed E-state index contributed by atoms with van der Waals surface area (Å²) in [5, 5.41) is 1.69. The van der Waals surface area contributed by atoms with E-state index in [-0.39, 0.29) is 23.7 Å². The van der Waals surface area contributed by atoms with Crippen molar-refractivity contribution < 1.29 is 32.2 Å². The van der Waals surface area contributed by atoms with Gasteiger partial charge in [-0.25, -0.2) is 8.42 Å². The van der Waals surface area contributed by atoms with E-state index in [4.69, 9.17) is 9.47 Å². The van der Waals surface area contributed by atoms with Crippen LogP contribution in [0.2, 0.25) is 0 Å². The number of methoxy groups -OCH3 is 1. The highest BCUT2D eigenvalue weighted by Gasteiger charge is 2.30. The molecule has 0 heterocycles. The lowest BCUT2D eigenvalue weighted by atomic mass is 10.1. The van der Waals surface area contributed by atoms with E-state index in [0.717, 1.165) is 16.3 Å². The highest BCUT2D eigenvalue weighted by molar-refractivity contribution is 7.89. The van der Waals surface area contributed by atoms with E-state index in [1.165, 1.54) is 13.2 Å². The number of nitrogens with one attached hydrogen (secondary N) is 1. The minimum absolute atomic E-state index is 0.0652. The van der Waals surface area contributed by atoms with Gasteiger partial charge in [0.25, 0.3) is 0 Å². The predicted molar refractivity (Wildman–Crippen MR) is 141 cm³/mol. The van der Waals surface area contributed by atoms with Crippen LogP contribution in [0.5, 0.6) is 5.75 Å². The van der Waals surface area contributed by atoms with E-state index in [1.54, 1.807) is 57.2 Å². The topological polar surface area (TPSA) is 108 Å². The smallest absolute Gasteiger partial charge is 0.325 e. The van der Waals surface area contributed by atoms with Gasteiger partial charge in [0.05, 0.1) is 18.6 Å². The zero-order chi connectivity index (χ0) is 27.1. The highest BCUT2D eigenvalue weighted by Crippen LogP contribution is 2.21. The summed E-state index contributed by atoms with van der Waals surface area (Å²) in [6.07, 6.45) is 0.875. The minimum Gasteiger partial charge on any atom is -0.494 e. The second kappa shape index (κ2) is 12.2. The monoisotopic (exact) mass is 527 g/mol. The first-order chi connectivity index (χ1) is 17.5. The number of rotatable bonds is 11. The molecular formula is C28H33NO7S. The average Bonchev–Trinajstić information content (AvgIpc) is 2.85. The molecule has 0 saturated carbocycles. The molecule has 0 bridgehead atoms. The lowest BCUT2D eigenvalue weighted by Crippen LogP contribution is -2.45. The van der Waals surface area contributed by atoms with Crippen LogP contribution in [0.1, 0.15) is 39.2 Å². The van der Waals surface area contributed by atoms with Crippen molar-refractivity contribution >= 4 is 32.7 Å². The number of carbonyl (C=O) groups excluding carboxylic acids is 2. The maximum atomic E-state index is 13.2. The van der Waals surface area contributed by atoms with Gasteiger partial charge in [-0.05, 0) is 74.2 Å². The van der Waals surface area contributed by atoms with Gasteiger partial charge in [0.1, 0.15) is 17.4 Å². The molecule has 0 fully saturated rings. The molecule has 1 atom stereocenters. The van der Waals surface area contributed by atoms with E-state index < -0.39 is 27.6 Å². The predicted octanol–water partition coefficient (Wildman–Crippen LogP) is 4.40. The first-order valence-electron chi connectivity index (χ1n) is 12.0. The van der Waals surface area contributed by atoms with Crippen molar-refractivity contribution in [2.24, 2.45) is 0 Å². The SMILES string of the molecule is COC(=O)CCCOc1ccc(C[C@H](NS(=O)(=O)c2ccc3ccccc3c2)C(=O)OC(C)(C)C)cc1. The van der Waals surface area contributed by atoms with Crippen molar-refractivity contribution in [3.63, 3.8) is 0 Å². The molecule has 3 rings (SSSR count). The fourth-order valence-corrected chi connectivity index (χ4v) is 4.82. The number of hydrogen-bond acceptors (Lipinski definition) is 7. The van der Waals surface area contributed by atoms with Crippen LogP contribution in [0, 0.1) is 0 Å². The molecule has 1 N–H and O–H groups in total. The Balaban J connectivity index is 1.74. The minimum atomic E-state index is -4.02. The van der Waals surface area contributed by atoms with Gasteiger partial charge in [0.2, 0.25) is 10.0 Å². The van der Waals surface area contributed by atoms with E-state index in [0.29, 0.717) is 18.8 Å². The van der Waals surface area contributed by atoms with Crippen LogP contribution in [-0.4, -0.2) is 45.7 Å². The van der Waals surface area contributed by atoms with Crippen LogP contribution in [-0.2, 0) is 35.5 Å². The molecule has 0 saturated heterocycles. The number of esters is 2. The Morgan fingerprint density at radius 2 is 1.62 bits per heavy atom. The summed E-state index contributed by atoms with van der Waals surface area (Å²) in [5.41, 5.74) is -0.0648. The number of sulfonamides is 1. The molecule has 3 aromatic rings. The molecular weight excluding hydrogens is 494 g/mol. The van der Waals surface area contributed by atoms with Crippen molar-refractivity contribution in [1.29, 1.82) is 0 Å². The van der Waals surface area contributed by atoms with Gasteiger partial charge in [0, 0.05) is 6.42 Å². The number of carbonyl (C=O) groups is 2. The maximum Gasteiger partial charge on any atom is 0.325 e. The zero-order valence-corrected chi connectivity index (χ0v) is 22.3. The summed E-state index contributed by atoms with van der Waals surface area (Å²) in [6, 6.07) is 18.1. The summed E-state index contributed by atoms with van der Waals surface area (Å²) in [5.74, 6) is -0.363. The molecule has 0 unspecified atom stereocenters. The standard InChI is InChI=1S/C28H33NO7S/c1-28(2,3)36-27(31)25(18-20-11-14-23(15-12-20)35-17-7-10-26(30)34-4)29-37(32,33)24-16-13-21-8-5-6-9-22(21)19-24/h5-6,8-9,11-16,19,25,29H,7,10,17-18H2,1-4H3/t25-/m0/s1. The highest BCUT2D eigenvalue weighted by atomic mass is 32.2. The van der Waals surface area contributed by atoms with Crippen molar-refractivity contribution in [1.82, 2.24) is 4.72 Å². The van der Waals surface area contributed by atoms with Crippen LogP contribution >= 0.6 is 0 Å². The summed E-state index contributed by atoms with van der Waals surface area (Å²) < 4.78 is 44.8. The van der Waals surface area contributed by atoms with Crippen LogP contribution < -0.4 is 9.46 Å². The summed E-state index contributed by atoms with van der Waals surface area (Å²) in [7, 11) is -2.68. The third-order valence-electron chi connectivity index (χ3n) is 5.40. The zero-order valence-electron chi connectivity index (χ0n) is 21.5. The summed E-state index contributed by atoms with van der Waals surface area (Å²) >= 11 is 0. The largest absolute Gasteiger partial charge is 0.494 e. The van der Waals surface area contributed by atoms with Crippen LogP contribution in [0.4, 0.5) is 0 Å². The van der Waals surface area contributed by atoms with Gasteiger partial charge in [-0.1, -0.05) is 42.5 Å². The normalized spacial score (nSPS) is 12.6.